The maximum Gasteiger partial charge on any atom is 0.371 e. The van der Waals surface area contributed by atoms with Gasteiger partial charge < -0.3 is 14.8 Å². The highest BCUT2D eigenvalue weighted by atomic mass is 16.4. The van der Waals surface area contributed by atoms with Crippen molar-refractivity contribution in [2.75, 3.05) is 6.54 Å². The van der Waals surface area contributed by atoms with Crippen LogP contribution in [0, 0.1) is 0 Å². The van der Waals surface area contributed by atoms with E-state index in [1.165, 1.54) is 57.4 Å². The molecule has 1 rings (SSSR count). The number of unbranched alkanes of at least 4 members (excludes halogenated alkanes) is 7. The molecule has 0 fully saturated rings. The van der Waals surface area contributed by atoms with Crippen LogP contribution in [-0.2, 0) is 6.54 Å². The van der Waals surface area contributed by atoms with Crippen LogP contribution in [0.4, 0.5) is 0 Å². The summed E-state index contributed by atoms with van der Waals surface area (Å²) < 4.78 is 5.17. The second-order valence-corrected chi connectivity index (χ2v) is 5.22. The lowest BCUT2D eigenvalue weighted by Crippen LogP contribution is -2.14. The third-order valence-electron chi connectivity index (χ3n) is 3.38. The Labute approximate surface area is 121 Å². The fraction of sp³-hybridized carbons (Fsp3) is 0.688. The SMILES string of the molecule is CCCCCCCCCCNCc1ccc(C(=O)O)o1. The van der Waals surface area contributed by atoms with Gasteiger partial charge in [-0.2, -0.15) is 0 Å². The molecular formula is C16H27NO3. The lowest BCUT2D eigenvalue weighted by molar-refractivity contribution is 0.0660. The van der Waals surface area contributed by atoms with Crippen molar-refractivity contribution in [2.45, 2.75) is 64.8 Å². The summed E-state index contributed by atoms with van der Waals surface area (Å²) in [7, 11) is 0. The van der Waals surface area contributed by atoms with E-state index >= 15 is 0 Å². The lowest BCUT2D eigenvalue weighted by atomic mass is 10.1. The summed E-state index contributed by atoms with van der Waals surface area (Å²) in [4.78, 5) is 10.6. The highest BCUT2D eigenvalue weighted by Crippen LogP contribution is 2.09. The summed E-state index contributed by atoms with van der Waals surface area (Å²) in [5.41, 5.74) is 0. The van der Waals surface area contributed by atoms with Gasteiger partial charge in [0.25, 0.3) is 0 Å². The van der Waals surface area contributed by atoms with E-state index in [-0.39, 0.29) is 5.76 Å². The van der Waals surface area contributed by atoms with Gasteiger partial charge in [0.1, 0.15) is 5.76 Å². The summed E-state index contributed by atoms with van der Waals surface area (Å²) in [6, 6.07) is 3.21. The van der Waals surface area contributed by atoms with E-state index < -0.39 is 5.97 Å². The molecule has 20 heavy (non-hydrogen) atoms. The van der Waals surface area contributed by atoms with Crippen molar-refractivity contribution in [3.8, 4) is 0 Å². The molecule has 0 amide bonds. The van der Waals surface area contributed by atoms with E-state index in [4.69, 9.17) is 9.52 Å². The quantitative estimate of drug-likeness (QED) is 0.563. The molecule has 114 valence electrons. The van der Waals surface area contributed by atoms with Crippen LogP contribution in [0.3, 0.4) is 0 Å². The predicted octanol–water partition coefficient (Wildman–Crippen LogP) is 4.21. The average molecular weight is 281 g/mol. The molecule has 4 nitrogen and oxygen atoms in total. The third-order valence-corrected chi connectivity index (χ3v) is 3.38. The van der Waals surface area contributed by atoms with Crippen LogP contribution in [0.5, 0.6) is 0 Å². The Morgan fingerprint density at radius 2 is 1.75 bits per heavy atom. The first kappa shape index (κ1) is 16.8. The monoisotopic (exact) mass is 281 g/mol. The van der Waals surface area contributed by atoms with E-state index in [0.29, 0.717) is 12.3 Å². The Balaban J connectivity index is 1.93. The second-order valence-electron chi connectivity index (χ2n) is 5.22. The number of rotatable bonds is 12. The number of hydrogen-bond donors (Lipinski definition) is 2. The smallest absolute Gasteiger partial charge is 0.371 e. The van der Waals surface area contributed by atoms with Crippen molar-refractivity contribution >= 4 is 5.97 Å². The number of nitrogens with one attached hydrogen (secondary N) is 1. The first-order valence-electron chi connectivity index (χ1n) is 7.76. The van der Waals surface area contributed by atoms with Crippen LogP contribution in [0.15, 0.2) is 16.5 Å². The van der Waals surface area contributed by atoms with Crippen LogP contribution < -0.4 is 5.32 Å². The predicted molar refractivity (Wildman–Crippen MR) is 80.0 cm³/mol. The number of furan rings is 1. The van der Waals surface area contributed by atoms with E-state index in [1.54, 1.807) is 6.07 Å². The number of aromatic carboxylic acids is 1. The molecular weight excluding hydrogens is 254 g/mol. The van der Waals surface area contributed by atoms with E-state index in [0.717, 1.165) is 6.54 Å². The molecule has 0 bridgehead atoms. The zero-order valence-corrected chi connectivity index (χ0v) is 12.5. The summed E-state index contributed by atoms with van der Waals surface area (Å²) in [5, 5.41) is 12.0. The summed E-state index contributed by atoms with van der Waals surface area (Å²) >= 11 is 0. The van der Waals surface area contributed by atoms with Gasteiger partial charge in [0, 0.05) is 0 Å². The van der Waals surface area contributed by atoms with E-state index in [2.05, 4.69) is 12.2 Å². The molecule has 0 aliphatic carbocycles. The normalized spacial score (nSPS) is 10.8. The highest BCUT2D eigenvalue weighted by molar-refractivity contribution is 5.84. The fourth-order valence-corrected chi connectivity index (χ4v) is 2.18. The number of hydrogen-bond acceptors (Lipinski definition) is 3. The number of carboxylic acid groups (broad SMARTS) is 1. The summed E-state index contributed by atoms with van der Waals surface area (Å²) in [5.74, 6) is -0.324. The molecule has 0 radical (unpaired) electrons. The van der Waals surface area contributed by atoms with E-state index in [1.807, 2.05) is 0 Å². The molecule has 0 saturated carbocycles. The van der Waals surface area contributed by atoms with Gasteiger partial charge in [-0.25, -0.2) is 4.79 Å². The molecule has 0 aromatic carbocycles. The van der Waals surface area contributed by atoms with Gasteiger partial charge in [-0.15, -0.1) is 0 Å². The Kier molecular flexibility index (Phi) is 8.79. The van der Waals surface area contributed by atoms with Crippen molar-refractivity contribution in [3.63, 3.8) is 0 Å². The standard InChI is InChI=1S/C16H27NO3/c1-2-3-4-5-6-7-8-9-12-17-13-14-10-11-15(20-14)16(18)19/h10-11,17H,2-9,12-13H2,1H3,(H,18,19). The third kappa shape index (κ3) is 7.34. The molecule has 0 aliphatic heterocycles. The molecule has 1 aromatic heterocycles. The Morgan fingerprint density at radius 1 is 1.10 bits per heavy atom. The van der Waals surface area contributed by atoms with Crippen LogP contribution in [0.1, 0.15) is 74.6 Å². The first-order chi connectivity index (χ1) is 9.74. The van der Waals surface area contributed by atoms with Crippen molar-refractivity contribution in [1.82, 2.24) is 5.32 Å². The molecule has 0 unspecified atom stereocenters. The van der Waals surface area contributed by atoms with E-state index in [9.17, 15) is 4.79 Å². The molecule has 0 atom stereocenters. The molecule has 4 heteroatoms. The number of carbonyl (C=O) groups is 1. The number of carboxylic acids is 1. The Morgan fingerprint density at radius 3 is 2.35 bits per heavy atom. The van der Waals surface area contributed by atoms with Gasteiger partial charge >= 0.3 is 5.97 Å². The van der Waals surface area contributed by atoms with Gasteiger partial charge in [-0.05, 0) is 25.1 Å². The maximum absolute atomic E-state index is 10.6. The zero-order chi connectivity index (χ0) is 14.6. The van der Waals surface area contributed by atoms with Crippen molar-refractivity contribution in [1.29, 1.82) is 0 Å². The second kappa shape index (κ2) is 10.5. The largest absolute Gasteiger partial charge is 0.475 e. The zero-order valence-electron chi connectivity index (χ0n) is 12.5. The van der Waals surface area contributed by atoms with Crippen LogP contribution in [-0.4, -0.2) is 17.6 Å². The maximum atomic E-state index is 10.6. The molecule has 0 saturated heterocycles. The van der Waals surface area contributed by atoms with Crippen molar-refractivity contribution in [3.05, 3.63) is 23.7 Å². The average Bonchev–Trinajstić information content (AvgIpc) is 2.90. The minimum absolute atomic E-state index is 0.00822. The Bertz CT molecular complexity index is 374. The Hall–Kier alpha value is -1.29. The van der Waals surface area contributed by atoms with Crippen LogP contribution in [0.25, 0.3) is 0 Å². The molecule has 1 heterocycles. The first-order valence-corrected chi connectivity index (χ1v) is 7.76. The summed E-state index contributed by atoms with van der Waals surface area (Å²) in [6.07, 6.45) is 10.5. The molecule has 2 N–H and O–H groups in total. The summed E-state index contributed by atoms with van der Waals surface area (Å²) in [6.45, 7) is 3.80. The van der Waals surface area contributed by atoms with Gasteiger partial charge in [-0.1, -0.05) is 51.9 Å². The minimum atomic E-state index is -1.01. The lowest BCUT2D eigenvalue weighted by Gasteiger charge is -2.03. The molecule has 1 aromatic rings. The van der Waals surface area contributed by atoms with Gasteiger partial charge in [0.15, 0.2) is 0 Å². The minimum Gasteiger partial charge on any atom is -0.475 e. The van der Waals surface area contributed by atoms with Crippen molar-refractivity contribution < 1.29 is 14.3 Å². The topological polar surface area (TPSA) is 62.5 Å². The van der Waals surface area contributed by atoms with Crippen molar-refractivity contribution in [2.24, 2.45) is 0 Å². The molecule has 0 aliphatic rings. The highest BCUT2D eigenvalue weighted by Gasteiger charge is 2.07. The van der Waals surface area contributed by atoms with Gasteiger partial charge in [0.05, 0.1) is 6.54 Å². The fourth-order valence-electron chi connectivity index (χ4n) is 2.18. The molecule has 0 spiro atoms. The van der Waals surface area contributed by atoms with Crippen LogP contribution >= 0.6 is 0 Å². The van der Waals surface area contributed by atoms with Crippen LogP contribution in [0.2, 0.25) is 0 Å². The van der Waals surface area contributed by atoms with Gasteiger partial charge in [0.2, 0.25) is 5.76 Å². The van der Waals surface area contributed by atoms with Gasteiger partial charge in [-0.3, -0.25) is 0 Å².